The Kier molecular flexibility index (Phi) is 8.06. The molecule has 3 aromatic rings. The third-order valence-corrected chi connectivity index (χ3v) is 6.39. The lowest BCUT2D eigenvalue weighted by molar-refractivity contribution is -0.323. The van der Waals surface area contributed by atoms with Gasteiger partial charge in [0.25, 0.3) is 11.8 Å². The predicted octanol–water partition coefficient (Wildman–Crippen LogP) is 1.16. The van der Waals surface area contributed by atoms with Gasteiger partial charge in [0.05, 0.1) is 30.2 Å². The van der Waals surface area contributed by atoms with E-state index in [1.165, 1.54) is 19.4 Å². The molecule has 39 heavy (non-hydrogen) atoms. The number of hydrogen-bond acceptors (Lipinski definition) is 12. The first-order valence-corrected chi connectivity index (χ1v) is 12.7. The molecular formula is C24H27N7O7S. The van der Waals surface area contributed by atoms with Gasteiger partial charge in [-0.3, -0.25) is 19.7 Å². The first-order valence-electron chi connectivity index (χ1n) is 11.8. The molecule has 7 N–H and O–H groups in total. The van der Waals surface area contributed by atoms with Crippen LogP contribution in [0.1, 0.15) is 46.8 Å². The Morgan fingerprint density at radius 3 is 2.49 bits per heavy atom. The van der Waals surface area contributed by atoms with Crippen molar-refractivity contribution < 1.29 is 34.4 Å². The average Bonchev–Trinajstić information content (AvgIpc) is 3.59. The number of ether oxygens (including phenoxy) is 1. The number of methoxy groups -OCH3 is 1. The van der Waals surface area contributed by atoms with Crippen LogP contribution in [0.5, 0.6) is 5.75 Å². The maximum absolute atomic E-state index is 12.6. The summed E-state index contributed by atoms with van der Waals surface area (Å²) in [5, 5.41) is 45.7. The van der Waals surface area contributed by atoms with Crippen LogP contribution in [0.3, 0.4) is 0 Å². The van der Waals surface area contributed by atoms with Crippen molar-refractivity contribution in [3.05, 3.63) is 41.0 Å². The molecule has 1 saturated carbocycles. The SMILES string of the molecule is COc1c(Nc2cc(NC(=O)C3CC3)nnc2C(=O)NC(O)(O)O)cccc1-c1ncc(C(=O)NC(C)C)s1. The molecule has 0 atom stereocenters. The summed E-state index contributed by atoms with van der Waals surface area (Å²) >= 11 is 1.16. The number of rotatable bonds is 10. The van der Waals surface area contributed by atoms with Crippen molar-refractivity contribution in [2.75, 3.05) is 17.7 Å². The quantitative estimate of drug-likeness (QED) is 0.176. The van der Waals surface area contributed by atoms with Crippen molar-refractivity contribution in [3.8, 4) is 16.3 Å². The van der Waals surface area contributed by atoms with Gasteiger partial charge in [-0.1, -0.05) is 6.07 Å². The summed E-state index contributed by atoms with van der Waals surface area (Å²) in [7, 11) is 1.43. The van der Waals surface area contributed by atoms with Crippen molar-refractivity contribution in [1.82, 2.24) is 25.8 Å². The molecule has 1 aromatic carbocycles. The van der Waals surface area contributed by atoms with E-state index in [9.17, 15) is 29.7 Å². The predicted molar refractivity (Wildman–Crippen MR) is 140 cm³/mol. The molecule has 0 unspecified atom stereocenters. The molecule has 0 aliphatic heterocycles. The molecule has 15 heteroatoms. The number of anilines is 3. The van der Waals surface area contributed by atoms with Crippen LogP contribution in [0.25, 0.3) is 10.6 Å². The number of hydrogen-bond donors (Lipinski definition) is 7. The molecule has 0 radical (unpaired) electrons. The lowest BCUT2D eigenvalue weighted by atomic mass is 10.1. The topological polar surface area (TPSA) is 208 Å². The van der Waals surface area contributed by atoms with E-state index >= 15 is 0 Å². The molecule has 4 rings (SSSR count). The van der Waals surface area contributed by atoms with Crippen LogP contribution in [0.4, 0.5) is 17.2 Å². The minimum absolute atomic E-state index is 0.00411. The summed E-state index contributed by atoms with van der Waals surface area (Å²) < 4.78 is 5.63. The minimum atomic E-state index is -3.50. The van der Waals surface area contributed by atoms with Crippen LogP contribution in [-0.2, 0) is 4.79 Å². The molecular weight excluding hydrogens is 530 g/mol. The fourth-order valence-electron chi connectivity index (χ4n) is 3.51. The number of aliphatic hydroxyl groups is 3. The van der Waals surface area contributed by atoms with Crippen LogP contribution < -0.4 is 26.0 Å². The highest BCUT2D eigenvalue weighted by Gasteiger charge is 2.31. The van der Waals surface area contributed by atoms with Gasteiger partial charge < -0.3 is 36.0 Å². The van der Waals surface area contributed by atoms with Gasteiger partial charge in [0, 0.05) is 18.0 Å². The maximum atomic E-state index is 12.6. The van der Waals surface area contributed by atoms with Gasteiger partial charge in [-0.25, -0.2) is 4.98 Å². The van der Waals surface area contributed by atoms with Crippen molar-refractivity contribution in [3.63, 3.8) is 0 Å². The molecule has 2 heterocycles. The Hall–Kier alpha value is -4.18. The van der Waals surface area contributed by atoms with E-state index in [0.29, 0.717) is 26.9 Å². The number of amides is 3. The van der Waals surface area contributed by atoms with Crippen LogP contribution in [0, 0.1) is 5.92 Å². The van der Waals surface area contributed by atoms with E-state index in [1.807, 2.05) is 13.8 Å². The molecule has 0 saturated heterocycles. The van der Waals surface area contributed by atoms with Gasteiger partial charge in [0.15, 0.2) is 17.3 Å². The van der Waals surface area contributed by atoms with E-state index in [1.54, 1.807) is 23.5 Å². The second-order valence-electron chi connectivity index (χ2n) is 9.01. The first-order chi connectivity index (χ1) is 18.4. The van der Waals surface area contributed by atoms with Crippen molar-refractivity contribution in [1.29, 1.82) is 0 Å². The Morgan fingerprint density at radius 1 is 1.10 bits per heavy atom. The number of benzene rings is 1. The molecule has 206 valence electrons. The third-order valence-electron chi connectivity index (χ3n) is 5.36. The zero-order valence-corrected chi connectivity index (χ0v) is 22.0. The summed E-state index contributed by atoms with van der Waals surface area (Å²) in [5.41, 5.74) is 0.481. The van der Waals surface area contributed by atoms with Gasteiger partial charge in [-0.2, -0.15) is 0 Å². The fraction of sp³-hybridized carbons (Fsp3) is 0.333. The number of thiazole rings is 1. The van der Waals surface area contributed by atoms with Gasteiger partial charge in [0.1, 0.15) is 9.88 Å². The van der Waals surface area contributed by atoms with E-state index in [0.717, 1.165) is 24.2 Å². The summed E-state index contributed by atoms with van der Waals surface area (Å²) in [6, 6.07) is 6.36. The molecule has 2 aromatic heterocycles. The van der Waals surface area contributed by atoms with Gasteiger partial charge in [0.2, 0.25) is 5.91 Å². The maximum Gasteiger partial charge on any atom is 0.369 e. The summed E-state index contributed by atoms with van der Waals surface area (Å²) in [5.74, 6) is -1.43. The highest BCUT2D eigenvalue weighted by Crippen LogP contribution is 2.40. The van der Waals surface area contributed by atoms with E-state index < -0.39 is 17.7 Å². The first kappa shape index (κ1) is 27.8. The van der Waals surface area contributed by atoms with Gasteiger partial charge >= 0.3 is 6.10 Å². The van der Waals surface area contributed by atoms with E-state index in [4.69, 9.17) is 4.74 Å². The molecule has 3 amide bonds. The Morgan fingerprint density at radius 2 is 1.85 bits per heavy atom. The van der Waals surface area contributed by atoms with Gasteiger partial charge in [-0.15, -0.1) is 21.5 Å². The Bertz CT molecular complexity index is 1400. The number of carbonyl (C=O) groups excluding carboxylic acids is 3. The second kappa shape index (κ2) is 11.3. The number of nitrogens with one attached hydrogen (secondary N) is 4. The summed E-state index contributed by atoms with van der Waals surface area (Å²) in [4.78, 5) is 42.0. The van der Waals surface area contributed by atoms with Crippen molar-refractivity contribution in [2.45, 2.75) is 38.8 Å². The highest BCUT2D eigenvalue weighted by atomic mass is 32.1. The van der Waals surface area contributed by atoms with E-state index in [-0.39, 0.29) is 35.3 Å². The van der Waals surface area contributed by atoms with Crippen molar-refractivity contribution >= 4 is 46.3 Å². The molecule has 1 aliphatic carbocycles. The summed E-state index contributed by atoms with van der Waals surface area (Å²) in [6.45, 7) is 3.70. The molecule has 14 nitrogen and oxygen atoms in total. The Labute approximate surface area is 226 Å². The number of nitrogens with zero attached hydrogens (tertiary/aromatic N) is 3. The van der Waals surface area contributed by atoms with Crippen molar-refractivity contribution in [2.24, 2.45) is 5.92 Å². The normalized spacial score (nSPS) is 13.1. The molecule has 0 spiro atoms. The lowest BCUT2D eigenvalue weighted by Gasteiger charge is -2.18. The minimum Gasteiger partial charge on any atom is -0.494 e. The molecule has 1 aliphatic rings. The number of para-hydroxylation sites is 1. The van der Waals surface area contributed by atoms with Crippen LogP contribution in [-0.4, -0.2) is 67.5 Å². The van der Waals surface area contributed by atoms with Crippen LogP contribution >= 0.6 is 11.3 Å². The lowest BCUT2D eigenvalue weighted by Crippen LogP contribution is -2.48. The second-order valence-corrected chi connectivity index (χ2v) is 10.0. The zero-order valence-electron chi connectivity index (χ0n) is 21.2. The monoisotopic (exact) mass is 557 g/mol. The summed E-state index contributed by atoms with van der Waals surface area (Å²) in [6.07, 6.45) is -0.515. The zero-order chi connectivity index (χ0) is 28.3. The molecule has 0 bridgehead atoms. The fourth-order valence-corrected chi connectivity index (χ4v) is 4.35. The number of aromatic nitrogens is 3. The van der Waals surface area contributed by atoms with E-state index in [2.05, 4.69) is 31.1 Å². The third kappa shape index (κ3) is 7.02. The largest absolute Gasteiger partial charge is 0.494 e. The standard InChI is InChI=1S/C24H27N7O7S/c1-11(2)26-21(33)16-10-25-23(39-16)13-5-4-6-14(19(13)38-3)27-15-9-17(28-20(32)12-7-8-12)30-31-18(15)22(34)29-24(35,36)37/h4-6,9-12,35-37H,7-8H2,1-3H3,(H,26,33)(H,29,34)(H2,27,28,30,32). The highest BCUT2D eigenvalue weighted by molar-refractivity contribution is 7.17. The number of carbonyl (C=O) groups is 3. The Balaban J connectivity index is 1.69. The van der Waals surface area contributed by atoms with Gasteiger partial charge in [-0.05, 0) is 38.8 Å². The molecule has 1 fully saturated rings. The average molecular weight is 558 g/mol. The van der Waals surface area contributed by atoms with Crippen LogP contribution in [0.15, 0.2) is 30.5 Å². The van der Waals surface area contributed by atoms with Crippen LogP contribution in [0.2, 0.25) is 0 Å². The smallest absolute Gasteiger partial charge is 0.369 e.